The molecule has 0 atom stereocenters. The SMILES string of the molecule is O=C(Nc1cc2c(cc1N1CCOCC1)S(O)(O)CCN2)c1cnn2cccnc12. The molecule has 0 bridgehead atoms. The molecule has 1 saturated heterocycles. The number of morpholine rings is 1. The molecule has 4 heterocycles. The Hall–Kier alpha value is -2.86. The van der Waals surface area contributed by atoms with Crippen LogP contribution in [-0.4, -0.2) is 68.2 Å². The molecule has 1 amide bonds. The Morgan fingerprint density at radius 3 is 2.93 bits per heavy atom. The molecular formula is C19H22N6O4S. The Bertz CT molecular complexity index is 1110. The summed E-state index contributed by atoms with van der Waals surface area (Å²) in [7, 11) is -2.88. The topological polar surface area (TPSA) is 124 Å². The summed E-state index contributed by atoms with van der Waals surface area (Å²) >= 11 is 0. The van der Waals surface area contributed by atoms with Gasteiger partial charge < -0.3 is 20.3 Å². The number of amides is 1. The molecule has 1 fully saturated rings. The summed E-state index contributed by atoms with van der Waals surface area (Å²) in [6.45, 7) is 2.88. The number of hydrogen-bond donors (Lipinski definition) is 4. The van der Waals surface area contributed by atoms with Crippen molar-refractivity contribution in [3.63, 3.8) is 0 Å². The zero-order valence-electron chi connectivity index (χ0n) is 16.1. The fourth-order valence-electron chi connectivity index (χ4n) is 3.76. The molecule has 0 radical (unpaired) electrons. The third-order valence-electron chi connectivity index (χ3n) is 5.28. The fraction of sp³-hybridized carbons (Fsp3) is 0.316. The average Bonchev–Trinajstić information content (AvgIpc) is 3.18. The number of anilines is 3. The van der Waals surface area contributed by atoms with E-state index in [4.69, 9.17) is 4.74 Å². The molecule has 2 aliphatic rings. The lowest BCUT2D eigenvalue weighted by atomic mass is 10.2. The number of hydrogen-bond acceptors (Lipinski definition) is 8. The molecule has 11 heteroatoms. The molecule has 158 valence electrons. The lowest BCUT2D eigenvalue weighted by Crippen LogP contribution is -2.37. The number of aromatic nitrogens is 3. The third-order valence-corrected chi connectivity index (χ3v) is 7.09. The Labute approximate surface area is 174 Å². The van der Waals surface area contributed by atoms with Crippen LogP contribution in [-0.2, 0) is 4.74 Å². The second-order valence-corrected chi connectivity index (χ2v) is 9.34. The first-order valence-corrected chi connectivity index (χ1v) is 11.3. The van der Waals surface area contributed by atoms with Gasteiger partial charge in [0.2, 0.25) is 0 Å². The van der Waals surface area contributed by atoms with Crippen LogP contribution in [0.4, 0.5) is 17.1 Å². The lowest BCUT2D eigenvalue weighted by Gasteiger charge is -2.40. The van der Waals surface area contributed by atoms with E-state index in [2.05, 4.69) is 25.6 Å². The first-order valence-electron chi connectivity index (χ1n) is 9.63. The minimum Gasteiger partial charge on any atom is -0.382 e. The largest absolute Gasteiger partial charge is 0.382 e. The van der Waals surface area contributed by atoms with Gasteiger partial charge in [-0.15, -0.1) is 0 Å². The van der Waals surface area contributed by atoms with Crippen LogP contribution in [0.3, 0.4) is 0 Å². The third kappa shape index (κ3) is 3.35. The zero-order chi connectivity index (χ0) is 20.7. The maximum atomic E-state index is 13.1. The van der Waals surface area contributed by atoms with Gasteiger partial charge in [-0.05, 0) is 18.2 Å². The lowest BCUT2D eigenvalue weighted by molar-refractivity contribution is 0.102. The molecule has 4 N–H and O–H groups in total. The molecule has 3 aromatic rings. The summed E-state index contributed by atoms with van der Waals surface area (Å²) in [5.41, 5.74) is 2.76. The van der Waals surface area contributed by atoms with Gasteiger partial charge in [0.15, 0.2) is 5.65 Å². The number of carbonyl (C=O) groups is 1. The molecular weight excluding hydrogens is 408 g/mol. The second-order valence-electron chi connectivity index (χ2n) is 7.16. The minimum atomic E-state index is -2.88. The van der Waals surface area contributed by atoms with E-state index in [1.807, 2.05) is 0 Å². The number of carbonyl (C=O) groups excluding carboxylic acids is 1. The van der Waals surface area contributed by atoms with Crippen molar-refractivity contribution in [2.75, 3.05) is 54.1 Å². The molecule has 2 aliphatic heterocycles. The Morgan fingerprint density at radius 2 is 2.10 bits per heavy atom. The van der Waals surface area contributed by atoms with Crippen molar-refractivity contribution in [2.24, 2.45) is 0 Å². The molecule has 5 rings (SSSR count). The smallest absolute Gasteiger partial charge is 0.261 e. The van der Waals surface area contributed by atoms with E-state index in [9.17, 15) is 13.9 Å². The van der Waals surface area contributed by atoms with Gasteiger partial charge in [0, 0.05) is 32.0 Å². The van der Waals surface area contributed by atoms with Gasteiger partial charge in [-0.25, -0.2) is 9.50 Å². The highest BCUT2D eigenvalue weighted by atomic mass is 32.3. The van der Waals surface area contributed by atoms with Crippen molar-refractivity contribution in [3.8, 4) is 0 Å². The number of fused-ring (bicyclic) bond motifs is 2. The van der Waals surface area contributed by atoms with Crippen LogP contribution in [0.1, 0.15) is 10.4 Å². The van der Waals surface area contributed by atoms with Crippen LogP contribution in [0.2, 0.25) is 0 Å². The molecule has 0 saturated carbocycles. The van der Waals surface area contributed by atoms with Gasteiger partial charge in [0.05, 0.1) is 47.1 Å². The second kappa shape index (κ2) is 7.43. The highest BCUT2D eigenvalue weighted by Crippen LogP contribution is 2.55. The van der Waals surface area contributed by atoms with Crippen LogP contribution >= 0.6 is 10.6 Å². The van der Waals surface area contributed by atoms with Gasteiger partial charge in [-0.1, -0.05) is 0 Å². The van der Waals surface area contributed by atoms with Crippen LogP contribution in [0, 0.1) is 0 Å². The Kier molecular flexibility index (Phi) is 4.74. The predicted molar refractivity (Wildman–Crippen MR) is 115 cm³/mol. The first-order chi connectivity index (χ1) is 14.5. The number of benzene rings is 1. The van der Waals surface area contributed by atoms with Crippen molar-refractivity contribution in [3.05, 3.63) is 42.4 Å². The average molecular weight is 430 g/mol. The van der Waals surface area contributed by atoms with Gasteiger partial charge in [0.25, 0.3) is 5.91 Å². The summed E-state index contributed by atoms with van der Waals surface area (Å²) < 4.78 is 28.1. The molecule has 0 spiro atoms. The molecule has 10 nitrogen and oxygen atoms in total. The van der Waals surface area contributed by atoms with Gasteiger partial charge in [-0.3, -0.25) is 13.9 Å². The van der Waals surface area contributed by atoms with E-state index in [0.717, 1.165) is 5.69 Å². The quantitative estimate of drug-likeness (QED) is 0.499. The van der Waals surface area contributed by atoms with Crippen LogP contribution in [0.15, 0.2) is 41.7 Å². The van der Waals surface area contributed by atoms with Gasteiger partial charge >= 0.3 is 0 Å². The van der Waals surface area contributed by atoms with E-state index in [1.54, 1.807) is 35.1 Å². The van der Waals surface area contributed by atoms with Crippen LogP contribution in [0.5, 0.6) is 0 Å². The van der Waals surface area contributed by atoms with Crippen molar-refractivity contribution >= 4 is 39.2 Å². The van der Waals surface area contributed by atoms with Crippen molar-refractivity contribution < 1.29 is 18.6 Å². The van der Waals surface area contributed by atoms with Gasteiger partial charge in [0.1, 0.15) is 5.56 Å². The Morgan fingerprint density at radius 1 is 1.27 bits per heavy atom. The molecule has 30 heavy (non-hydrogen) atoms. The highest BCUT2D eigenvalue weighted by molar-refractivity contribution is 8.24. The molecule has 0 aliphatic carbocycles. The molecule has 1 aromatic carbocycles. The summed E-state index contributed by atoms with van der Waals surface area (Å²) in [4.78, 5) is 19.9. The first kappa shape index (κ1) is 19.1. The van der Waals surface area contributed by atoms with E-state index < -0.39 is 10.6 Å². The summed E-state index contributed by atoms with van der Waals surface area (Å²) in [5, 5.41) is 10.3. The zero-order valence-corrected chi connectivity index (χ0v) is 16.9. The number of rotatable bonds is 3. The summed E-state index contributed by atoms with van der Waals surface area (Å²) in [5.74, 6) is -0.0666. The van der Waals surface area contributed by atoms with Crippen LogP contribution < -0.4 is 15.5 Å². The maximum Gasteiger partial charge on any atom is 0.261 e. The van der Waals surface area contributed by atoms with E-state index in [1.165, 1.54) is 6.20 Å². The molecule has 2 aromatic heterocycles. The summed E-state index contributed by atoms with van der Waals surface area (Å²) in [6.07, 6.45) is 4.83. The highest BCUT2D eigenvalue weighted by Gasteiger charge is 2.28. The standard InChI is InChI=1S/C19H22N6O4S/c26-19(13-12-22-25-4-1-2-21-18(13)25)23-14-10-15-17(30(27,28)9-3-20-15)11-16(14)24-5-7-29-8-6-24/h1-2,4,10-12,20,27-28H,3,5-9H2,(H,23,26). The number of nitrogens with one attached hydrogen (secondary N) is 2. The normalized spacial score (nSPS) is 19.1. The van der Waals surface area contributed by atoms with E-state index in [0.29, 0.717) is 60.3 Å². The minimum absolute atomic E-state index is 0.266. The monoisotopic (exact) mass is 430 g/mol. The molecule has 0 unspecified atom stereocenters. The maximum absolute atomic E-state index is 13.1. The fourth-order valence-corrected chi connectivity index (χ4v) is 5.15. The van der Waals surface area contributed by atoms with E-state index in [-0.39, 0.29) is 11.7 Å². The number of ether oxygens (including phenoxy) is 1. The van der Waals surface area contributed by atoms with Crippen molar-refractivity contribution in [2.45, 2.75) is 4.90 Å². The van der Waals surface area contributed by atoms with Gasteiger partial charge in [-0.2, -0.15) is 15.7 Å². The summed E-state index contributed by atoms with van der Waals surface area (Å²) in [6, 6.07) is 5.28. The Balaban J connectivity index is 1.55. The van der Waals surface area contributed by atoms with Crippen molar-refractivity contribution in [1.82, 2.24) is 14.6 Å². The number of nitrogens with zero attached hydrogens (tertiary/aromatic N) is 4. The van der Waals surface area contributed by atoms with E-state index >= 15 is 0 Å². The van der Waals surface area contributed by atoms with Crippen molar-refractivity contribution in [1.29, 1.82) is 0 Å². The predicted octanol–water partition coefficient (Wildman–Crippen LogP) is 2.35. The van der Waals surface area contributed by atoms with Crippen LogP contribution in [0.25, 0.3) is 5.65 Å².